The summed E-state index contributed by atoms with van der Waals surface area (Å²) >= 11 is 0. The summed E-state index contributed by atoms with van der Waals surface area (Å²) < 4.78 is 19.8. The molecule has 21 heavy (non-hydrogen) atoms. The summed E-state index contributed by atoms with van der Waals surface area (Å²) in [4.78, 5) is 22.5. The number of carbonyl (C=O) groups is 2. The van der Waals surface area contributed by atoms with Gasteiger partial charge in [0.05, 0.1) is 13.2 Å². The predicted molar refractivity (Wildman–Crippen MR) is 72.4 cm³/mol. The molecule has 1 rings (SSSR count). The maximum Gasteiger partial charge on any atom is 0.344 e. The van der Waals surface area contributed by atoms with Gasteiger partial charge in [-0.2, -0.15) is 0 Å². The van der Waals surface area contributed by atoms with Gasteiger partial charge in [-0.1, -0.05) is 6.07 Å². The van der Waals surface area contributed by atoms with Crippen molar-refractivity contribution < 1.29 is 33.6 Å². The zero-order valence-corrected chi connectivity index (χ0v) is 12.0. The van der Waals surface area contributed by atoms with E-state index in [1.165, 1.54) is 18.2 Å². The van der Waals surface area contributed by atoms with Crippen LogP contribution in [0.1, 0.15) is 13.8 Å². The average Bonchev–Trinajstić information content (AvgIpc) is 2.44. The lowest BCUT2D eigenvalue weighted by Crippen LogP contribution is -2.17. The van der Waals surface area contributed by atoms with Crippen molar-refractivity contribution in [1.29, 1.82) is 0 Å². The van der Waals surface area contributed by atoms with Crippen LogP contribution in [-0.2, 0) is 19.1 Å². The van der Waals surface area contributed by atoms with E-state index in [0.29, 0.717) is 0 Å². The van der Waals surface area contributed by atoms with Crippen LogP contribution in [0.15, 0.2) is 18.2 Å². The number of hydrogen-bond donors (Lipinski definition) is 1. The Kier molecular flexibility index (Phi) is 6.86. The molecule has 7 heteroatoms. The molecule has 0 saturated carbocycles. The molecule has 0 amide bonds. The lowest BCUT2D eigenvalue weighted by atomic mass is 10.3. The molecule has 0 heterocycles. The molecule has 0 unspecified atom stereocenters. The summed E-state index contributed by atoms with van der Waals surface area (Å²) in [7, 11) is 0. The molecule has 0 spiro atoms. The second-order valence-electron chi connectivity index (χ2n) is 3.79. The molecule has 0 aliphatic rings. The van der Waals surface area contributed by atoms with Crippen LogP contribution in [-0.4, -0.2) is 43.5 Å². The first-order chi connectivity index (χ1) is 10.1. The van der Waals surface area contributed by atoms with E-state index in [4.69, 9.17) is 18.9 Å². The molecular formula is C14H18O7. The molecule has 1 aromatic rings. The molecule has 1 N–H and O–H groups in total. The maximum atomic E-state index is 11.2. The summed E-state index contributed by atoms with van der Waals surface area (Å²) in [5.41, 5.74) is 0. The Hall–Kier alpha value is -2.44. The second kappa shape index (κ2) is 8.68. The summed E-state index contributed by atoms with van der Waals surface area (Å²) in [6, 6.07) is 4.39. The van der Waals surface area contributed by atoms with E-state index in [-0.39, 0.29) is 43.7 Å². The van der Waals surface area contributed by atoms with Crippen LogP contribution < -0.4 is 9.47 Å². The van der Waals surface area contributed by atoms with Gasteiger partial charge in [-0.15, -0.1) is 0 Å². The maximum absolute atomic E-state index is 11.2. The van der Waals surface area contributed by atoms with Crippen LogP contribution in [0, 0.1) is 0 Å². The monoisotopic (exact) mass is 298 g/mol. The predicted octanol–water partition coefficient (Wildman–Crippen LogP) is 1.28. The summed E-state index contributed by atoms with van der Waals surface area (Å²) in [5, 5.41) is 9.73. The normalized spacial score (nSPS) is 9.81. The van der Waals surface area contributed by atoms with Crippen LogP contribution in [0.25, 0.3) is 0 Å². The molecule has 0 atom stereocenters. The van der Waals surface area contributed by atoms with Crippen molar-refractivity contribution in [1.82, 2.24) is 0 Å². The van der Waals surface area contributed by atoms with Gasteiger partial charge in [0, 0.05) is 0 Å². The third-order valence-electron chi connectivity index (χ3n) is 2.25. The average molecular weight is 298 g/mol. The molecule has 116 valence electrons. The number of ether oxygens (including phenoxy) is 4. The topological polar surface area (TPSA) is 91.3 Å². The lowest BCUT2D eigenvalue weighted by molar-refractivity contribution is -0.146. The van der Waals surface area contributed by atoms with Gasteiger partial charge in [-0.3, -0.25) is 0 Å². The minimum absolute atomic E-state index is 0.0325. The molecule has 0 aliphatic heterocycles. The fourth-order valence-corrected chi connectivity index (χ4v) is 1.44. The van der Waals surface area contributed by atoms with Crippen LogP contribution >= 0.6 is 0 Å². The highest BCUT2D eigenvalue weighted by Gasteiger charge is 2.14. The van der Waals surface area contributed by atoms with E-state index in [1.54, 1.807) is 13.8 Å². The van der Waals surface area contributed by atoms with Crippen LogP contribution in [0.2, 0.25) is 0 Å². The Bertz CT molecular complexity index is 484. The number of phenols is 1. The summed E-state index contributed by atoms with van der Waals surface area (Å²) in [6.45, 7) is 3.13. The number of esters is 2. The number of phenolic OH excluding ortho intramolecular Hbond substituents is 1. The quantitative estimate of drug-likeness (QED) is 0.723. The number of aromatic hydroxyl groups is 1. The third kappa shape index (κ3) is 5.60. The van der Waals surface area contributed by atoms with Gasteiger partial charge in [0.2, 0.25) is 5.75 Å². The van der Waals surface area contributed by atoms with Crippen molar-refractivity contribution in [2.45, 2.75) is 13.8 Å². The van der Waals surface area contributed by atoms with Gasteiger partial charge in [-0.05, 0) is 26.0 Å². The number of rotatable bonds is 8. The Morgan fingerprint density at radius 2 is 1.57 bits per heavy atom. The van der Waals surface area contributed by atoms with E-state index in [9.17, 15) is 14.7 Å². The van der Waals surface area contributed by atoms with Gasteiger partial charge in [0.25, 0.3) is 0 Å². The van der Waals surface area contributed by atoms with E-state index in [0.717, 1.165) is 0 Å². The first kappa shape index (κ1) is 16.6. The molecule has 0 saturated heterocycles. The van der Waals surface area contributed by atoms with Crippen molar-refractivity contribution in [3.63, 3.8) is 0 Å². The van der Waals surface area contributed by atoms with E-state index in [2.05, 4.69) is 0 Å². The minimum atomic E-state index is -0.572. The molecule has 0 aromatic heterocycles. The number of carbonyl (C=O) groups excluding carboxylic acids is 2. The summed E-state index contributed by atoms with van der Waals surface area (Å²) in [5.74, 6) is -1.22. The smallest absolute Gasteiger partial charge is 0.344 e. The van der Waals surface area contributed by atoms with Gasteiger partial charge >= 0.3 is 11.9 Å². The molecule has 1 aromatic carbocycles. The highest BCUT2D eigenvalue weighted by molar-refractivity contribution is 5.72. The zero-order chi connectivity index (χ0) is 15.7. The number of para-hydroxylation sites is 1. The van der Waals surface area contributed by atoms with Gasteiger partial charge in [-0.25, -0.2) is 9.59 Å². The van der Waals surface area contributed by atoms with E-state index >= 15 is 0 Å². The third-order valence-corrected chi connectivity index (χ3v) is 2.25. The van der Waals surface area contributed by atoms with Gasteiger partial charge in [0.1, 0.15) is 0 Å². The molecule has 7 nitrogen and oxygen atoms in total. The molecular weight excluding hydrogens is 280 g/mol. The number of hydrogen-bond acceptors (Lipinski definition) is 7. The van der Waals surface area contributed by atoms with E-state index in [1.807, 2.05) is 0 Å². The molecule has 0 bridgehead atoms. The van der Waals surface area contributed by atoms with Crippen LogP contribution in [0.3, 0.4) is 0 Å². The van der Waals surface area contributed by atoms with Crippen LogP contribution in [0.5, 0.6) is 17.2 Å². The molecule has 0 radical (unpaired) electrons. The highest BCUT2D eigenvalue weighted by Crippen LogP contribution is 2.36. The fourth-order valence-electron chi connectivity index (χ4n) is 1.44. The molecule has 0 aliphatic carbocycles. The van der Waals surface area contributed by atoms with Crippen molar-refractivity contribution in [3.8, 4) is 17.2 Å². The lowest BCUT2D eigenvalue weighted by Gasteiger charge is -2.13. The van der Waals surface area contributed by atoms with E-state index < -0.39 is 11.9 Å². The Balaban J connectivity index is 2.69. The zero-order valence-electron chi connectivity index (χ0n) is 12.0. The Morgan fingerprint density at radius 1 is 1.00 bits per heavy atom. The van der Waals surface area contributed by atoms with Crippen molar-refractivity contribution >= 4 is 11.9 Å². The second-order valence-corrected chi connectivity index (χ2v) is 3.79. The SMILES string of the molecule is CCOC(=O)COc1cccc(O)c1OCC(=O)OCC. The van der Waals surface area contributed by atoms with Crippen molar-refractivity contribution in [2.75, 3.05) is 26.4 Å². The Labute approximate surface area is 122 Å². The number of benzene rings is 1. The Morgan fingerprint density at radius 3 is 2.14 bits per heavy atom. The minimum Gasteiger partial charge on any atom is -0.504 e. The van der Waals surface area contributed by atoms with Crippen molar-refractivity contribution in [3.05, 3.63) is 18.2 Å². The fraction of sp³-hybridized carbons (Fsp3) is 0.429. The first-order valence-electron chi connectivity index (χ1n) is 6.47. The molecule has 0 fully saturated rings. The van der Waals surface area contributed by atoms with Gasteiger partial charge in [0.15, 0.2) is 24.7 Å². The highest BCUT2D eigenvalue weighted by atomic mass is 16.6. The van der Waals surface area contributed by atoms with Crippen LogP contribution in [0.4, 0.5) is 0 Å². The van der Waals surface area contributed by atoms with Crippen molar-refractivity contribution in [2.24, 2.45) is 0 Å². The first-order valence-corrected chi connectivity index (χ1v) is 6.47. The van der Waals surface area contributed by atoms with Gasteiger partial charge < -0.3 is 24.1 Å². The largest absolute Gasteiger partial charge is 0.504 e. The standard InChI is InChI=1S/C14H18O7/c1-3-18-12(16)8-20-11-7-5-6-10(15)14(11)21-9-13(17)19-4-2/h5-7,15H,3-4,8-9H2,1-2H3. The summed E-state index contributed by atoms with van der Waals surface area (Å²) in [6.07, 6.45) is 0.